The van der Waals surface area contributed by atoms with Gasteiger partial charge >= 0.3 is 0 Å². The lowest BCUT2D eigenvalue weighted by molar-refractivity contribution is 0.535. The summed E-state index contributed by atoms with van der Waals surface area (Å²) in [4.78, 5) is 0.365. The quantitative estimate of drug-likeness (QED) is 0.776. The van der Waals surface area contributed by atoms with Gasteiger partial charge in [0.1, 0.15) is 0 Å². The zero-order valence-electron chi connectivity index (χ0n) is 13.1. The Morgan fingerprint density at radius 2 is 2.05 bits per heavy atom. The molecule has 118 valence electrons. The van der Waals surface area contributed by atoms with Crippen molar-refractivity contribution in [2.75, 3.05) is 13.1 Å². The van der Waals surface area contributed by atoms with Crippen LogP contribution in [0.3, 0.4) is 0 Å². The molecule has 0 aliphatic heterocycles. The van der Waals surface area contributed by atoms with Crippen LogP contribution in [0, 0.1) is 11.8 Å². The van der Waals surface area contributed by atoms with Crippen molar-refractivity contribution in [3.05, 3.63) is 29.8 Å². The summed E-state index contributed by atoms with van der Waals surface area (Å²) in [6.45, 7) is 7.73. The SMILES string of the molecule is CCNC(CC)c1cccc(S(=O)(=O)NCC2CC2C)c1. The number of benzene rings is 1. The van der Waals surface area contributed by atoms with Crippen LogP contribution in [0.1, 0.15) is 45.2 Å². The molecule has 1 aromatic carbocycles. The second-order valence-electron chi connectivity index (χ2n) is 5.92. The van der Waals surface area contributed by atoms with E-state index < -0.39 is 10.0 Å². The summed E-state index contributed by atoms with van der Waals surface area (Å²) in [7, 11) is -3.40. The molecular weight excluding hydrogens is 284 g/mol. The normalized spacial score (nSPS) is 23.0. The maximum Gasteiger partial charge on any atom is 0.240 e. The van der Waals surface area contributed by atoms with Crippen LogP contribution < -0.4 is 10.0 Å². The molecule has 0 radical (unpaired) electrons. The maximum atomic E-state index is 12.4. The molecule has 0 aromatic heterocycles. The van der Waals surface area contributed by atoms with Crippen molar-refractivity contribution in [2.45, 2.75) is 44.6 Å². The third kappa shape index (κ3) is 4.28. The highest BCUT2D eigenvalue weighted by Crippen LogP contribution is 2.37. The number of nitrogens with one attached hydrogen (secondary N) is 2. The van der Waals surface area contributed by atoms with Gasteiger partial charge < -0.3 is 5.32 Å². The summed E-state index contributed by atoms with van der Waals surface area (Å²) in [5.74, 6) is 1.16. The van der Waals surface area contributed by atoms with E-state index in [1.54, 1.807) is 12.1 Å². The Morgan fingerprint density at radius 3 is 2.62 bits per heavy atom. The van der Waals surface area contributed by atoms with Crippen molar-refractivity contribution in [3.8, 4) is 0 Å². The molecule has 1 fully saturated rings. The first-order chi connectivity index (χ1) is 9.97. The van der Waals surface area contributed by atoms with Gasteiger partial charge in [0.05, 0.1) is 4.90 Å². The minimum Gasteiger partial charge on any atom is -0.310 e. The minimum absolute atomic E-state index is 0.202. The molecule has 2 rings (SSSR count). The molecule has 0 amide bonds. The molecule has 0 spiro atoms. The summed E-state index contributed by atoms with van der Waals surface area (Å²) in [5, 5.41) is 3.38. The lowest BCUT2D eigenvalue weighted by Gasteiger charge is -2.17. The van der Waals surface area contributed by atoms with Gasteiger partial charge in [-0.2, -0.15) is 0 Å². The molecule has 0 bridgehead atoms. The largest absolute Gasteiger partial charge is 0.310 e. The highest BCUT2D eigenvalue weighted by molar-refractivity contribution is 7.89. The van der Waals surface area contributed by atoms with Crippen molar-refractivity contribution in [3.63, 3.8) is 0 Å². The van der Waals surface area contributed by atoms with Gasteiger partial charge in [0.15, 0.2) is 0 Å². The summed E-state index contributed by atoms with van der Waals surface area (Å²) >= 11 is 0. The predicted molar refractivity (Wildman–Crippen MR) is 85.6 cm³/mol. The molecule has 0 saturated heterocycles. The summed E-state index contributed by atoms with van der Waals surface area (Å²) in [5.41, 5.74) is 1.03. The summed E-state index contributed by atoms with van der Waals surface area (Å²) in [6, 6.07) is 7.47. The molecule has 1 aliphatic carbocycles. The third-order valence-electron chi connectivity index (χ3n) is 4.24. The van der Waals surface area contributed by atoms with E-state index in [1.807, 2.05) is 12.1 Å². The zero-order valence-corrected chi connectivity index (χ0v) is 13.9. The van der Waals surface area contributed by atoms with E-state index >= 15 is 0 Å². The highest BCUT2D eigenvalue weighted by Gasteiger charge is 2.33. The van der Waals surface area contributed by atoms with Crippen molar-refractivity contribution in [1.82, 2.24) is 10.0 Å². The van der Waals surface area contributed by atoms with Gasteiger partial charge in [-0.25, -0.2) is 13.1 Å². The van der Waals surface area contributed by atoms with Crippen LogP contribution >= 0.6 is 0 Å². The fourth-order valence-corrected chi connectivity index (χ4v) is 3.78. The predicted octanol–water partition coefficient (Wildman–Crippen LogP) is 2.68. The Morgan fingerprint density at radius 1 is 1.33 bits per heavy atom. The first-order valence-corrected chi connectivity index (χ1v) is 9.29. The van der Waals surface area contributed by atoms with E-state index in [4.69, 9.17) is 0 Å². The molecule has 0 heterocycles. The van der Waals surface area contributed by atoms with Gasteiger partial charge in [0.2, 0.25) is 10.0 Å². The molecule has 5 heteroatoms. The number of hydrogen-bond acceptors (Lipinski definition) is 3. The third-order valence-corrected chi connectivity index (χ3v) is 5.66. The average Bonchev–Trinajstić information content (AvgIpc) is 3.19. The fourth-order valence-electron chi connectivity index (χ4n) is 2.63. The Bertz CT molecular complexity index is 571. The number of hydrogen-bond donors (Lipinski definition) is 2. The lowest BCUT2D eigenvalue weighted by Crippen LogP contribution is -2.26. The molecule has 2 N–H and O–H groups in total. The monoisotopic (exact) mass is 310 g/mol. The smallest absolute Gasteiger partial charge is 0.240 e. The van der Waals surface area contributed by atoms with Crippen LogP contribution in [0.15, 0.2) is 29.2 Å². The van der Waals surface area contributed by atoms with Crippen LogP contribution in [0.25, 0.3) is 0 Å². The van der Waals surface area contributed by atoms with E-state index in [0.29, 0.717) is 23.3 Å². The van der Waals surface area contributed by atoms with E-state index in [1.165, 1.54) is 0 Å². The summed E-state index contributed by atoms with van der Waals surface area (Å²) < 4.78 is 27.5. The highest BCUT2D eigenvalue weighted by atomic mass is 32.2. The summed E-state index contributed by atoms with van der Waals surface area (Å²) in [6.07, 6.45) is 2.06. The molecule has 4 nitrogen and oxygen atoms in total. The van der Waals surface area contributed by atoms with Gasteiger partial charge in [-0.1, -0.05) is 32.9 Å². The molecule has 21 heavy (non-hydrogen) atoms. The Kier molecular flexibility index (Phi) is 5.41. The van der Waals surface area contributed by atoms with Crippen LogP contribution in [0.5, 0.6) is 0 Å². The molecule has 3 unspecified atom stereocenters. The van der Waals surface area contributed by atoms with Crippen LogP contribution in [0.2, 0.25) is 0 Å². The topological polar surface area (TPSA) is 58.2 Å². The van der Waals surface area contributed by atoms with Crippen molar-refractivity contribution >= 4 is 10.0 Å². The van der Waals surface area contributed by atoms with Gasteiger partial charge in [0.25, 0.3) is 0 Å². The van der Waals surface area contributed by atoms with Crippen LogP contribution in [0.4, 0.5) is 0 Å². The molecule has 1 aromatic rings. The molecule has 3 atom stereocenters. The van der Waals surface area contributed by atoms with Gasteiger partial charge in [0, 0.05) is 12.6 Å². The minimum atomic E-state index is -3.40. The Hall–Kier alpha value is -0.910. The van der Waals surface area contributed by atoms with Gasteiger partial charge in [-0.05, 0) is 48.9 Å². The maximum absolute atomic E-state index is 12.4. The van der Waals surface area contributed by atoms with E-state index in [-0.39, 0.29) is 6.04 Å². The fraction of sp³-hybridized carbons (Fsp3) is 0.625. The first kappa shape index (κ1) is 16.5. The van der Waals surface area contributed by atoms with Crippen molar-refractivity contribution < 1.29 is 8.42 Å². The van der Waals surface area contributed by atoms with Crippen LogP contribution in [-0.4, -0.2) is 21.5 Å². The second kappa shape index (κ2) is 6.90. The average molecular weight is 310 g/mol. The zero-order chi connectivity index (χ0) is 15.5. The lowest BCUT2D eigenvalue weighted by atomic mass is 10.0. The standard InChI is InChI=1S/C16H26N2O2S/c1-4-16(17-5-2)13-7-6-8-15(10-13)21(19,20)18-11-14-9-12(14)3/h6-8,10,12,14,16-18H,4-5,9,11H2,1-3H3. The first-order valence-electron chi connectivity index (χ1n) is 7.81. The Balaban J connectivity index is 2.11. The van der Waals surface area contributed by atoms with E-state index in [2.05, 4.69) is 30.8 Å². The molecule has 1 aliphatic rings. The van der Waals surface area contributed by atoms with Gasteiger partial charge in [-0.3, -0.25) is 0 Å². The number of sulfonamides is 1. The van der Waals surface area contributed by atoms with Crippen molar-refractivity contribution in [1.29, 1.82) is 0 Å². The van der Waals surface area contributed by atoms with Crippen LogP contribution in [-0.2, 0) is 10.0 Å². The Labute approximate surface area is 128 Å². The van der Waals surface area contributed by atoms with E-state index in [9.17, 15) is 8.42 Å². The van der Waals surface area contributed by atoms with Crippen molar-refractivity contribution in [2.24, 2.45) is 11.8 Å². The molecule has 1 saturated carbocycles. The molecular formula is C16H26N2O2S. The second-order valence-corrected chi connectivity index (χ2v) is 7.68. The number of rotatable bonds is 8. The van der Waals surface area contributed by atoms with Gasteiger partial charge in [-0.15, -0.1) is 0 Å². The van der Waals surface area contributed by atoms with E-state index in [0.717, 1.165) is 24.9 Å².